The van der Waals surface area contributed by atoms with Gasteiger partial charge in [-0.05, 0) is 31.2 Å². The first-order valence-corrected chi connectivity index (χ1v) is 7.91. The lowest BCUT2D eigenvalue weighted by molar-refractivity contribution is 0.101. The highest BCUT2D eigenvalue weighted by Crippen LogP contribution is 2.19. The lowest BCUT2D eigenvalue weighted by atomic mass is 10.2. The van der Waals surface area contributed by atoms with Gasteiger partial charge in [-0.1, -0.05) is 17.7 Å². The molecule has 0 fully saturated rings. The summed E-state index contributed by atoms with van der Waals surface area (Å²) < 4.78 is 33.2. The van der Waals surface area contributed by atoms with Crippen molar-refractivity contribution in [3.63, 3.8) is 0 Å². The number of ether oxygens (including phenoxy) is 1. The van der Waals surface area contributed by atoms with Gasteiger partial charge in [0.15, 0.2) is 11.4 Å². The van der Waals surface area contributed by atoms with Crippen LogP contribution in [-0.2, 0) is 0 Å². The van der Waals surface area contributed by atoms with E-state index in [4.69, 9.17) is 4.74 Å². The van der Waals surface area contributed by atoms with Crippen LogP contribution in [0.25, 0.3) is 5.69 Å². The standard InChI is InChI=1S/C19H15F2N3O3/c1-11-3-6-13(7-4-11)24-17(25)10-16(27-2)18(23-24)19(26)22-15-9-12(20)5-8-14(15)21/h3-10H,1-2H3,(H,22,26). The minimum atomic E-state index is -0.850. The maximum Gasteiger partial charge on any atom is 0.280 e. The largest absolute Gasteiger partial charge is 0.494 e. The predicted octanol–water partition coefficient (Wildman–Crippen LogP) is 3.08. The summed E-state index contributed by atoms with van der Waals surface area (Å²) in [5.74, 6) is -2.46. The van der Waals surface area contributed by atoms with Gasteiger partial charge in [0.1, 0.15) is 11.6 Å². The average Bonchev–Trinajstić information content (AvgIpc) is 2.65. The van der Waals surface area contributed by atoms with Crippen molar-refractivity contribution in [3.05, 3.63) is 81.8 Å². The van der Waals surface area contributed by atoms with Crippen LogP contribution >= 0.6 is 0 Å². The molecular weight excluding hydrogens is 356 g/mol. The molecule has 1 amide bonds. The Morgan fingerprint density at radius 2 is 1.81 bits per heavy atom. The van der Waals surface area contributed by atoms with Crippen molar-refractivity contribution in [2.24, 2.45) is 0 Å². The van der Waals surface area contributed by atoms with Crippen LogP contribution in [-0.4, -0.2) is 22.8 Å². The van der Waals surface area contributed by atoms with Gasteiger partial charge in [-0.25, -0.2) is 8.78 Å². The van der Waals surface area contributed by atoms with Crippen molar-refractivity contribution in [2.45, 2.75) is 6.92 Å². The minimum absolute atomic E-state index is 0.0855. The van der Waals surface area contributed by atoms with Crippen molar-refractivity contribution >= 4 is 11.6 Å². The summed E-state index contributed by atoms with van der Waals surface area (Å²) in [6.45, 7) is 1.89. The van der Waals surface area contributed by atoms with Crippen molar-refractivity contribution in [2.75, 3.05) is 12.4 Å². The van der Waals surface area contributed by atoms with E-state index >= 15 is 0 Å². The molecule has 0 saturated heterocycles. The van der Waals surface area contributed by atoms with E-state index in [2.05, 4.69) is 10.4 Å². The second kappa shape index (κ2) is 7.36. The molecule has 138 valence electrons. The number of rotatable bonds is 4. The average molecular weight is 371 g/mol. The van der Waals surface area contributed by atoms with Gasteiger partial charge in [-0.3, -0.25) is 9.59 Å². The highest BCUT2D eigenvalue weighted by molar-refractivity contribution is 6.04. The highest BCUT2D eigenvalue weighted by Gasteiger charge is 2.19. The third-order valence-corrected chi connectivity index (χ3v) is 3.79. The van der Waals surface area contributed by atoms with E-state index in [1.54, 1.807) is 24.3 Å². The molecule has 0 radical (unpaired) electrons. The number of halogens is 2. The van der Waals surface area contributed by atoms with Crippen molar-refractivity contribution in [1.82, 2.24) is 9.78 Å². The summed E-state index contributed by atoms with van der Waals surface area (Å²) in [6, 6.07) is 10.7. The van der Waals surface area contributed by atoms with E-state index in [0.29, 0.717) is 5.69 Å². The molecule has 0 aliphatic carbocycles. The summed E-state index contributed by atoms with van der Waals surface area (Å²) in [7, 11) is 1.27. The van der Waals surface area contributed by atoms with Crippen molar-refractivity contribution < 1.29 is 18.3 Å². The van der Waals surface area contributed by atoms with Gasteiger partial charge in [-0.2, -0.15) is 9.78 Å². The maximum atomic E-state index is 13.8. The zero-order chi connectivity index (χ0) is 19.6. The van der Waals surface area contributed by atoms with E-state index in [9.17, 15) is 18.4 Å². The molecule has 0 atom stereocenters. The zero-order valence-corrected chi connectivity index (χ0v) is 14.5. The number of anilines is 1. The van der Waals surface area contributed by atoms with Gasteiger partial charge < -0.3 is 10.1 Å². The molecule has 8 heteroatoms. The fourth-order valence-electron chi connectivity index (χ4n) is 2.40. The van der Waals surface area contributed by atoms with Gasteiger partial charge in [0.2, 0.25) is 0 Å². The molecule has 0 bridgehead atoms. The smallest absolute Gasteiger partial charge is 0.280 e. The minimum Gasteiger partial charge on any atom is -0.494 e. The number of nitrogens with zero attached hydrogens (tertiary/aromatic N) is 2. The number of carbonyl (C=O) groups is 1. The monoisotopic (exact) mass is 371 g/mol. The van der Waals surface area contributed by atoms with Crippen LogP contribution in [0.2, 0.25) is 0 Å². The predicted molar refractivity (Wildman–Crippen MR) is 95.4 cm³/mol. The Morgan fingerprint density at radius 3 is 2.48 bits per heavy atom. The molecule has 27 heavy (non-hydrogen) atoms. The number of aryl methyl sites for hydroxylation is 1. The first kappa shape index (κ1) is 18.2. The van der Waals surface area contributed by atoms with Crippen molar-refractivity contribution in [3.8, 4) is 11.4 Å². The van der Waals surface area contributed by atoms with E-state index in [1.807, 2.05) is 6.92 Å². The van der Waals surface area contributed by atoms with Crippen LogP contribution in [0, 0.1) is 18.6 Å². The number of carbonyl (C=O) groups excluding carboxylic acids is 1. The number of methoxy groups -OCH3 is 1. The molecule has 0 aliphatic rings. The Balaban J connectivity index is 2.04. The van der Waals surface area contributed by atoms with E-state index in [0.717, 1.165) is 34.5 Å². The van der Waals surface area contributed by atoms with E-state index < -0.39 is 23.1 Å². The van der Waals surface area contributed by atoms with Crippen LogP contribution in [0.5, 0.6) is 5.75 Å². The van der Waals surface area contributed by atoms with Gasteiger partial charge >= 0.3 is 0 Å². The molecule has 6 nitrogen and oxygen atoms in total. The van der Waals surface area contributed by atoms with Gasteiger partial charge in [-0.15, -0.1) is 0 Å². The number of nitrogens with one attached hydrogen (secondary N) is 1. The lowest BCUT2D eigenvalue weighted by Crippen LogP contribution is -2.26. The molecule has 1 aromatic heterocycles. The van der Waals surface area contributed by atoms with Crippen molar-refractivity contribution in [1.29, 1.82) is 0 Å². The second-order valence-corrected chi connectivity index (χ2v) is 5.73. The Hall–Kier alpha value is -3.55. The van der Waals surface area contributed by atoms with E-state index in [1.165, 1.54) is 7.11 Å². The molecule has 2 aromatic carbocycles. The third kappa shape index (κ3) is 3.84. The Labute approximate surface area is 153 Å². The topological polar surface area (TPSA) is 73.2 Å². The van der Waals surface area contributed by atoms with Gasteiger partial charge in [0.05, 0.1) is 24.6 Å². The Bertz CT molecular complexity index is 1060. The van der Waals surface area contributed by atoms with Crippen LogP contribution < -0.4 is 15.6 Å². The maximum absolute atomic E-state index is 13.8. The molecule has 0 saturated carbocycles. The Morgan fingerprint density at radius 1 is 1.11 bits per heavy atom. The molecule has 1 heterocycles. The SMILES string of the molecule is COc1cc(=O)n(-c2ccc(C)cc2)nc1C(=O)Nc1cc(F)ccc1F. The molecule has 3 aromatic rings. The molecule has 0 aliphatic heterocycles. The van der Waals surface area contributed by atoms with Crippen LogP contribution in [0.1, 0.15) is 16.1 Å². The summed E-state index contributed by atoms with van der Waals surface area (Å²) in [5, 5.41) is 6.28. The molecule has 0 unspecified atom stereocenters. The number of hydrogen-bond acceptors (Lipinski definition) is 4. The fourth-order valence-corrected chi connectivity index (χ4v) is 2.40. The quantitative estimate of drug-likeness (QED) is 0.765. The molecular formula is C19H15F2N3O3. The zero-order valence-electron chi connectivity index (χ0n) is 14.5. The molecule has 1 N–H and O–H groups in total. The normalized spacial score (nSPS) is 10.5. The summed E-state index contributed by atoms with van der Waals surface area (Å²) >= 11 is 0. The van der Waals surface area contributed by atoms with Crippen LogP contribution in [0.3, 0.4) is 0 Å². The second-order valence-electron chi connectivity index (χ2n) is 5.73. The summed E-state index contributed by atoms with van der Waals surface area (Å²) in [5.41, 5.74) is 0.321. The van der Waals surface area contributed by atoms with E-state index in [-0.39, 0.29) is 17.1 Å². The Kier molecular flexibility index (Phi) is 4.98. The van der Waals surface area contributed by atoms with Gasteiger partial charge in [0.25, 0.3) is 11.5 Å². The summed E-state index contributed by atoms with van der Waals surface area (Å²) in [4.78, 5) is 24.8. The number of amides is 1. The van der Waals surface area contributed by atoms with Crippen LogP contribution in [0.4, 0.5) is 14.5 Å². The number of benzene rings is 2. The van der Waals surface area contributed by atoms with Crippen LogP contribution in [0.15, 0.2) is 53.3 Å². The molecule has 3 rings (SSSR count). The lowest BCUT2D eigenvalue weighted by Gasteiger charge is -2.12. The first-order valence-electron chi connectivity index (χ1n) is 7.91. The third-order valence-electron chi connectivity index (χ3n) is 3.79. The van der Waals surface area contributed by atoms with Gasteiger partial charge in [0, 0.05) is 6.07 Å². The number of aromatic nitrogens is 2. The molecule has 0 spiro atoms. The highest BCUT2D eigenvalue weighted by atomic mass is 19.1. The fraction of sp³-hybridized carbons (Fsp3) is 0.105. The summed E-state index contributed by atoms with van der Waals surface area (Å²) in [6.07, 6.45) is 0. The first-order chi connectivity index (χ1) is 12.9. The number of hydrogen-bond donors (Lipinski definition) is 1.